The van der Waals surface area contributed by atoms with Crippen LogP contribution >= 0.6 is 11.6 Å². The highest BCUT2D eigenvalue weighted by Crippen LogP contribution is 2.35. The molecule has 0 spiro atoms. The Hall–Kier alpha value is -3.91. The number of aromatic nitrogens is 3. The lowest BCUT2D eigenvalue weighted by Gasteiger charge is -2.21. The average Bonchev–Trinajstić information content (AvgIpc) is 3.24. The Kier molecular flexibility index (Phi) is 5.22. The second-order valence-corrected chi connectivity index (χ2v) is 8.03. The number of anilines is 1. The number of benzene rings is 1. The number of ether oxygens (including phenoxy) is 1. The molecule has 0 saturated heterocycles. The molecule has 4 aromatic rings. The van der Waals surface area contributed by atoms with E-state index in [-0.39, 0.29) is 23.4 Å². The summed E-state index contributed by atoms with van der Waals surface area (Å²) in [5.74, 6) is -0.855. The average molecular weight is 463 g/mol. The molecule has 1 aromatic carbocycles. The van der Waals surface area contributed by atoms with Gasteiger partial charge in [-0.3, -0.25) is 9.78 Å². The van der Waals surface area contributed by atoms with E-state index >= 15 is 0 Å². The first-order chi connectivity index (χ1) is 16.0. The van der Waals surface area contributed by atoms with Crippen LogP contribution in [0.4, 0.5) is 5.69 Å². The van der Waals surface area contributed by atoms with E-state index in [9.17, 15) is 14.7 Å². The molecule has 0 bridgehead atoms. The second-order valence-electron chi connectivity index (χ2n) is 7.62. The van der Waals surface area contributed by atoms with Crippen molar-refractivity contribution in [2.45, 2.75) is 20.0 Å². The molecule has 9 heteroatoms. The van der Waals surface area contributed by atoms with Crippen LogP contribution in [0.1, 0.15) is 28.5 Å². The van der Waals surface area contributed by atoms with Crippen LogP contribution in [0, 0.1) is 0 Å². The zero-order valence-corrected chi connectivity index (χ0v) is 18.4. The van der Waals surface area contributed by atoms with Crippen LogP contribution in [-0.4, -0.2) is 32.2 Å². The maximum atomic E-state index is 13.2. The zero-order chi connectivity index (χ0) is 23.1. The molecular weight excluding hydrogens is 444 g/mol. The lowest BCUT2D eigenvalue weighted by Crippen LogP contribution is -2.21. The molecular formula is C24H19ClN4O4. The Labute approximate surface area is 193 Å². The van der Waals surface area contributed by atoms with Crippen LogP contribution < -0.4 is 10.3 Å². The molecule has 0 saturated carbocycles. The molecule has 1 aliphatic rings. The number of fused-ring (bicyclic) bond motifs is 2. The molecule has 166 valence electrons. The highest BCUT2D eigenvalue weighted by molar-refractivity contribution is 6.34. The van der Waals surface area contributed by atoms with Crippen molar-refractivity contribution >= 4 is 34.2 Å². The quantitative estimate of drug-likeness (QED) is 0.460. The van der Waals surface area contributed by atoms with Crippen LogP contribution in [0.25, 0.3) is 16.6 Å². The molecule has 5 rings (SSSR count). The van der Waals surface area contributed by atoms with Crippen molar-refractivity contribution in [3.05, 3.63) is 87.1 Å². The fourth-order valence-corrected chi connectivity index (χ4v) is 4.32. The molecule has 0 radical (unpaired) electrons. The topological polar surface area (TPSA) is 97.5 Å². The summed E-state index contributed by atoms with van der Waals surface area (Å²) in [4.78, 5) is 36.1. The van der Waals surface area contributed by atoms with Gasteiger partial charge < -0.3 is 19.3 Å². The zero-order valence-electron chi connectivity index (χ0n) is 17.7. The molecule has 8 nitrogen and oxygen atoms in total. The normalized spacial score (nSPS) is 12.7. The molecule has 1 N–H and O–H groups in total. The van der Waals surface area contributed by atoms with Crippen LogP contribution in [0.3, 0.4) is 0 Å². The molecule has 0 fully saturated rings. The summed E-state index contributed by atoms with van der Waals surface area (Å²) >= 11 is 6.64. The van der Waals surface area contributed by atoms with Gasteiger partial charge in [0, 0.05) is 30.4 Å². The number of carbonyl (C=O) groups excluding carboxylic acids is 1. The van der Waals surface area contributed by atoms with Crippen LogP contribution in [0.5, 0.6) is 5.88 Å². The van der Waals surface area contributed by atoms with Gasteiger partial charge in [0.25, 0.3) is 0 Å². The third kappa shape index (κ3) is 3.68. The highest BCUT2D eigenvalue weighted by Gasteiger charge is 2.24. The molecule has 33 heavy (non-hydrogen) atoms. The predicted octanol–water partition coefficient (Wildman–Crippen LogP) is 3.84. The summed E-state index contributed by atoms with van der Waals surface area (Å²) in [5, 5.41) is 10.3. The summed E-state index contributed by atoms with van der Waals surface area (Å²) < 4.78 is 6.76. The van der Waals surface area contributed by atoms with Crippen molar-refractivity contribution < 1.29 is 14.6 Å². The first-order valence-corrected chi connectivity index (χ1v) is 10.7. The molecule has 0 amide bonds. The van der Waals surface area contributed by atoms with Gasteiger partial charge in [-0.15, -0.1) is 0 Å². The highest BCUT2D eigenvalue weighted by atomic mass is 35.5. The van der Waals surface area contributed by atoms with E-state index in [0.717, 1.165) is 16.9 Å². The third-order valence-corrected chi connectivity index (χ3v) is 5.91. The van der Waals surface area contributed by atoms with Gasteiger partial charge in [0.1, 0.15) is 5.56 Å². The number of carbonyl (C=O) groups is 1. The number of pyridine rings is 3. The van der Waals surface area contributed by atoms with Crippen molar-refractivity contribution in [1.82, 2.24) is 14.5 Å². The van der Waals surface area contributed by atoms with E-state index in [4.69, 9.17) is 16.3 Å². The Morgan fingerprint density at radius 1 is 1.21 bits per heavy atom. The van der Waals surface area contributed by atoms with Crippen molar-refractivity contribution in [3.8, 4) is 11.6 Å². The summed E-state index contributed by atoms with van der Waals surface area (Å²) in [6.07, 6.45) is 4.66. The van der Waals surface area contributed by atoms with Crippen LogP contribution in [0.2, 0.25) is 5.02 Å². The van der Waals surface area contributed by atoms with Gasteiger partial charge in [-0.25, -0.2) is 9.78 Å². The summed E-state index contributed by atoms with van der Waals surface area (Å²) in [7, 11) is 0. The van der Waals surface area contributed by atoms with Crippen LogP contribution in [-0.2, 0) is 17.8 Å². The van der Waals surface area contributed by atoms with Gasteiger partial charge >= 0.3 is 5.97 Å². The minimum atomic E-state index is -0.717. The second kappa shape index (κ2) is 8.22. The predicted molar refractivity (Wildman–Crippen MR) is 124 cm³/mol. The van der Waals surface area contributed by atoms with Gasteiger partial charge in [0.2, 0.25) is 11.3 Å². The van der Waals surface area contributed by atoms with E-state index < -0.39 is 11.4 Å². The maximum Gasteiger partial charge on any atom is 0.343 e. The monoisotopic (exact) mass is 462 g/mol. The smallest absolute Gasteiger partial charge is 0.343 e. The fraction of sp³-hybridized carbons (Fsp3) is 0.167. The standard InChI is InChI=1S/C24H19ClN4O4/c1-2-33-24(32)17-12-29(15-5-6-22(30)27-10-15)20-9-21(18(25)8-16(20)23(17)31)28-11-14-4-3-7-26-19(14)13-28/h3-10,12H,2,11,13H2,1H3,(H,27,30). The number of halogens is 1. The number of rotatable bonds is 4. The van der Waals surface area contributed by atoms with Gasteiger partial charge in [-0.1, -0.05) is 17.7 Å². The van der Waals surface area contributed by atoms with E-state index in [1.165, 1.54) is 18.5 Å². The van der Waals surface area contributed by atoms with Gasteiger partial charge in [0.05, 0.1) is 47.0 Å². The first kappa shape index (κ1) is 21.0. The molecule has 0 aliphatic carbocycles. The van der Waals surface area contributed by atoms with E-state index in [0.29, 0.717) is 29.3 Å². The SMILES string of the molecule is CCOC(=O)c1cn(-c2ccc(O)nc2)c2cc(N3Cc4cccnc4C3)c(Cl)cc2c1=O. The molecule has 4 heterocycles. The van der Waals surface area contributed by atoms with Crippen molar-refractivity contribution in [1.29, 1.82) is 0 Å². The Morgan fingerprint density at radius 2 is 2.06 bits per heavy atom. The molecule has 0 atom stereocenters. The minimum Gasteiger partial charge on any atom is -0.493 e. The molecule has 1 aliphatic heterocycles. The number of hydrogen-bond donors (Lipinski definition) is 1. The maximum absolute atomic E-state index is 13.2. The molecule has 3 aromatic heterocycles. The van der Waals surface area contributed by atoms with Gasteiger partial charge in [-0.05, 0) is 36.8 Å². The van der Waals surface area contributed by atoms with Gasteiger partial charge in [0.15, 0.2) is 0 Å². The number of nitrogens with zero attached hydrogens (tertiary/aromatic N) is 4. The largest absolute Gasteiger partial charge is 0.493 e. The van der Waals surface area contributed by atoms with Gasteiger partial charge in [-0.2, -0.15) is 0 Å². The first-order valence-electron chi connectivity index (χ1n) is 10.4. The lowest BCUT2D eigenvalue weighted by atomic mass is 10.1. The van der Waals surface area contributed by atoms with Crippen molar-refractivity contribution in [2.75, 3.05) is 11.5 Å². The Balaban J connectivity index is 1.72. The van der Waals surface area contributed by atoms with E-state index in [1.54, 1.807) is 29.8 Å². The summed E-state index contributed by atoms with van der Waals surface area (Å²) in [6.45, 7) is 3.04. The van der Waals surface area contributed by atoms with E-state index in [1.807, 2.05) is 18.2 Å². The van der Waals surface area contributed by atoms with E-state index in [2.05, 4.69) is 14.9 Å². The number of hydrogen-bond acceptors (Lipinski definition) is 7. The van der Waals surface area contributed by atoms with Crippen molar-refractivity contribution in [3.63, 3.8) is 0 Å². The number of aromatic hydroxyl groups is 1. The molecule has 0 unspecified atom stereocenters. The lowest BCUT2D eigenvalue weighted by molar-refractivity contribution is 0.0524. The Bertz CT molecular complexity index is 1420. The fourth-order valence-electron chi connectivity index (χ4n) is 4.04. The summed E-state index contributed by atoms with van der Waals surface area (Å²) in [5.41, 5.74) is 3.36. The minimum absolute atomic E-state index is 0.112. The summed E-state index contributed by atoms with van der Waals surface area (Å²) in [6, 6.07) is 10.4. The Morgan fingerprint density at radius 3 is 2.79 bits per heavy atom. The van der Waals surface area contributed by atoms with Crippen LogP contribution in [0.15, 0.2) is 59.8 Å². The van der Waals surface area contributed by atoms with Crippen molar-refractivity contribution in [2.24, 2.45) is 0 Å². The number of esters is 1. The third-order valence-electron chi connectivity index (χ3n) is 5.60.